The molecular formula is C26H39N3O3S. The van der Waals surface area contributed by atoms with Crippen LogP contribution in [-0.4, -0.2) is 35.0 Å². The van der Waals surface area contributed by atoms with Crippen LogP contribution >= 0.6 is 12.2 Å². The highest BCUT2D eigenvalue weighted by atomic mass is 32.1. The van der Waals surface area contributed by atoms with E-state index in [2.05, 4.69) is 17.6 Å². The van der Waals surface area contributed by atoms with Gasteiger partial charge in [-0.15, -0.1) is 0 Å². The van der Waals surface area contributed by atoms with E-state index in [1.807, 2.05) is 43.0 Å². The van der Waals surface area contributed by atoms with E-state index in [4.69, 9.17) is 17.0 Å². The van der Waals surface area contributed by atoms with Crippen LogP contribution in [0.5, 0.6) is 0 Å². The summed E-state index contributed by atoms with van der Waals surface area (Å²) in [5.41, 5.74) is 3.00. The van der Waals surface area contributed by atoms with Crippen LogP contribution in [-0.2, 0) is 14.3 Å². The molecule has 0 spiro atoms. The molecule has 182 valence electrons. The molecule has 1 heterocycles. The van der Waals surface area contributed by atoms with Gasteiger partial charge in [-0.3, -0.25) is 4.79 Å². The van der Waals surface area contributed by atoms with Gasteiger partial charge in [0.1, 0.15) is 0 Å². The summed E-state index contributed by atoms with van der Waals surface area (Å²) in [6, 6.07) is 7.17. The van der Waals surface area contributed by atoms with Gasteiger partial charge in [-0.05, 0) is 57.1 Å². The molecule has 1 amide bonds. The number of hydrogen-bond acceptors (Lipinski definition) is 4. The number of benzene rings is 1. The molecule has 33 heavy (non-hydrogen) atoms. The van der Waals surface area contributed by atoms with Gasteiger partial charge >= 0.3 is 5.97 Å². The summed E-state index contributed by atoms with van der Waals surface area (Å²) >= 11 is 5.52. The normalized spacial score (nSPS) is 15.9. The van der Waals surface area contributed by atoms with E-state index in [1.165, 1.54) is 32.1 Å². The zero-order chi connectivity index (χ0) is 24.2. The predicted octanol–water partition coefficient (Wildman–Crippen LogP) is 5.85. The Kier molecular flexibility index (Phi) is 11.4. The van der Waals surface area contributed by atoms with Crippen LogP contribution in [0.1, 0.15) is 90.7 Å². The van der Waals surface area contributed by atoms with E-state index in [1.54, 1.807) is 6.92 Å². The first-order valence-electron chi connectivity index (χ1n) is 12.3. The smallest absolute Gasteiger partial charge is 0.338 e. The molecule has 1 aliphatic heterocycles. The number of unbranched alkanes of at least 4 members (excludes halogenated alkanes) is 6. The average Bonchev–Trinajstić information content (AvgIpc) is 2.79. The van der Waals surface area contributed by atoms with E-state index in [-0.39, 0.29) is 11.9 Å². The molecule has 1 aromatic rings. The lowest BCUT2D eigenvalue weighted by Gasteiger charge is -2.37. The van der Waals surface area contributed by atoms with Gasteiger partial charge in [0.2, 0.25) is 5.91 Å². The van der Waals surface area contributed by atoms with Gasteiger partial charge < -0.3 is 20.3 Å². The van der Waals surface area contributed by atoms with Crippen LogP contribution in [0.4, 0.5) is 5.69 Å². The summed E-state index contributed by atoms with van der Waals surface area (Å²) < 4.78 is 5.32. The summed E-state index contributed by atoms with van der Waals surface area (Å²) in [6.07, 6.45) is 8.85. The molecule has 7 heteroatoms. The fourth-order valence-electron chi connectivity index (χ4n) is 4.11. The average molecular weight is 474 g/mol. The van der Waals surface area contributed by atoms with Gasteiger partial charge in [-0.2, -0.15) is 0 Å². The van der Waals surface area contributed by atoms with Crippen molar-refractivity contribution in [1.82, 2.24) is 10.2 Å². The van der Waals surface area contributed by atoms with E-state index >= 15 is 0 Å². The molecular weight excluding hydrogens is 434 g/mol. The zero-order valence-corrected chi connectivity index (χ0v) is 21.4. The molecule has 1 aliphatic rings. The van der Waals surface area contributed by atoms with Crippen LogP contribution in [0, 0.1) is 0 Å². The number of amides is 1. The lowest BCUT2D eigenvalue weighted by atomic mass is 9.95. The minimum absolute atomic E-state index is 0.0369. The largest absolute Gasteiger partial charge is 0.463 e. The maximum absolute atomic E-state index is 12.7. The SMILES string of the molecule is CCCCCCCCCC(=O)Nc1ccc(C2NC(=S)N(CC)C(C)=C2C(=O)OCC)cc1. The summed E-state index contributed by atoms with van der Waals surface area (Å²) in [4.78, 5) is 26.9. The molecule has 0 aliphatic carbocycles. The third-order valence-corrected chi connectivity index (χ3v) is 6.28. The van der Waals surface area contributed by atoms with Crippen molar-refractivity contribution in [2.24, 2.45) is 0 Å². The standard InChI is InChI=1S/C26H39N3O3S/c1-5-8-9-10-11-12-13-14-22(30)27-21-17-15-20(16-18-21)24-23(25(31)32-7-3)19(4)29(6-2)26(33)28-24/h15-18,24H,5-14H2,1-4H3,(H,27,30)(H,28,33). The predicted molar refractivity (Wildman–Crippen MR) is 138 cm³/mol. The molecule has 0 saturated carbocycles. The molecule has 0 fully saturated rings. The molecule has 2 rings (SSSR count). The van der Waals surface area contributed by atoms with Crippen molar-refractivity contribution >= 4 is 34.9 Å². The first kappa shape index (κ1) is 26.8. The monoisotopic (exact) mass is 473 g/mol. The topological polar surface area (TPSA) is 70.7 Å². The van der Waals surface area contributed by atoms with Crippen molar-refractivity contribution in [2.75, 3.05) is 18.5 Å². The Hall–Kier alpha value is -2.41. The summed E-state index contributed by atoms with van der Waals surface area (Å²) in [6.45, 7) is 8.87. The molecule has 0 bridgehead atoms. The highest BCUT2D eigenvalue weighted by Crippen LogP contribution is 2.32. The van der Waals surface area contributed by atoms with Crippen molar-refractivity contribution in [1.29, 1.82) is 0 Å². The fourth-order valence-corrected chi connectivity index (χ4v) is 4.49. The van der Waals surface area contributed by atoms with Gasteiger partial charge in [0.05, 0.1) is 18.2 Å². The number of allylic oxidation sites excluding steroid dienone is 1. The van der Waals surface area contributed by atoms with E-state index < -0.39 is 6.04 Å². The number of nitrogens with zero attached hydrogens (tertiary/aromatic N) is 1. The number of esters is 1. The Bertz CT molecular complexity index is 836. The highest BCUT2D eigenvalue weighted by molar-refractivity contribution is 7.80. The summed E-state index contributed by atoms with van der Waals surface area (Å²) in [5, 5.41) is 6.84. The third-order valence-electron chi connectivity index (χ3n) is 5.94. The minimum Gasteiger partial charge on any atom is -0.463 e. The number of carbonyl (C=O) groups is 2. The van der Waals surface area contributed by atoms with Crippen molar-refractivity contribution in [3.8, 4) is 0 Å². The first-order chi connectivity index (χ1) is 15.9. The number of hydrogen-bond donors (Lipinski definition) is 2. The van der Waals surface area contributed by atoms with Crippen LogP contribution in [0.15, 0.2) is 35.5 Å². The number of rotatable bonds is 13. The number of thiocarbonyl (C=S) groups is 1. The molecule has 0 saturated heterocycles. The maximum Gasteiger partial charge on any atom is 0.338 e. The Morgan fingerprint density at radius 2 is 1.67 bits per heavy atom. The Morgan fingerprint density at radius 3 is 2.27 bits per heavy atom. The highest BCUT2D eigenvalue weighted by Gasteiger charge is 2.34. The summed E-state index contributed by atoms with van der Waals surface area (Å²) in [5.74, 6) is -0.310. The van der Waals surface area contributed by atoms with E-state index in [9.17, 15) is 9.59 Å². The summed E-state index contributed by atoms with van der Waals surface area (Å²) in [7, 11) is 0. The second kappa shape index (κ2) is 14.0. The second-order valence-corrected chi connectivity index (χ2v) is 8.77. The van der Waals surface area contributed by atoms with Crippen LogP contribution in [0.2, 0.25) is 0 Å². The third kappa shape index (κ3) is 7.84. The van der Waals surface area contributed by atoms with Gasteiger partial charge in [-0.1, -0.05) is 57.6 Å². The van der Waals surface area contributed by atoms with Crippen LogP contribution in [0.3, 0.4) is 0 Å². The minimum atomic E-state index is -0.392. The number of anilines is 1. The Balaban J connectivity index is 2.00. The Labute approximate surface area is 204 Å². The molecule has 2 N–H and O–H groups in total. The number of nitrogens with one attached hydrogen (secondary N) is 2. The molecule has 1 atom stereocenters. The molecule has 1 unspecified atom stereocenters. The quantitative estimate of drug-likeness (QED) is 0.213. The van der Waals surface area contributed by atoms with Gasteiger partial charge in [0.25, 0.3) is 0 Å². The number of carbonyl (C=O) groups excluding carboxylic acids is 2. The first-order valence-corrected chi connectivity index (χ1v) is 12.7. The molecule has 1 aromatic carbocycles. The maximum atomic E-state index is 12.7. The second-order valence-electron chi connectivity index (χ2n) is 8.39. The molecule has 6 nitrogen and oxygen atoms in total. The fraction of sp³-hybridized carbons (Fsp3) is 0.577. The van der Waals surface area contributed by atoms with Gasteiger partial charge in [0.15, 0.2) is 5.11 Å². The molecule has 0 aromatic heterocycles. The van der Waals surface area contributed by atoms with Crippen LogP contribution < -0.4 is 10.6 Å². The lowest BCUT2D eigenvalue weighted by molar-refractivity contribution is -0.139. The van der Waals surface area contributed by atoms with Crippen molar-refractivity contribution in [3.63, 3.8) is 0 Å². The lowest BCUT2D eigenvalue weighted by Crippen LogP contribution is -2.47. The van der Waals surface area contributed by atoms with E-state index in [0.717, 1.165) is 29.8 Å². The van der Waals surface area contributed by atoms with Crippen LogP contribution in [0.25, 0.3) is 0 Å². The Morgan fingerprint density at radius 1 is 1.03 bits per heavy atom. The van der Waals surface area contributed by atoms with E-state index in [0.29, 0.717) is 30.3 Å². The van der Waals surface area contributed by atoms with Gasteiger partial charge in [0, 0.05) is 24.4 Å². The van der Waals surface area contributed by atoms with Crippen molar-refractivity contribution < 1.29 is 14.3 Å². The number of ether oxygens (including phenoxy) is 1. The van der Waals surface area contributed by atoms with Crippen molar-refractivity contribution in [2.45, 2.75) is 85.1 Å². The molecule has 0 radical (unpaired) electrons. The zero-order valence-electron chi connectivity index (χ0n) is 20.5. The van der Waals surface area contributed by atoms with Crippen molar-refractivity contribution in [3.05, 3.63) is 41.1 Å². The van der Waals surface area contributed by atoms with Gasteiger partial charge in [-0.25, -0.2) is 4.79 Å².